The highest BCUT2D eigenvalue weighted by atomic mass is 35.5. The molecule has 1 aromatic carbocycles. The minimum Gasteiger partial charge on any atom is -0.348 e. The first-order valence-electron chi connectivity index (χ1n) is 7.83. The van der Waals surface area contributed by atoms with E-state index < -0.39 is 0 Å². The van der Waals surface area contributed by atoms with E-state index in [-0.39, 0.29) is 6.04 Å². The van der Waals surface area contributed by atoms with E-state index in [0.29, 0.717) is 0 Å². The Labute approximate surface area is 130 Å². The molecule has 1 unspecified atom stereocenters. The van der Waals surface area contributed by atoms with E-state index in [9.17, 15) is 0 Å². The van der Waals surface area contributed by atoms with Crippen LogP contribution >= 0.6 is 11.6 Å². The van der Waals surface area contributed by atoms with Crippen molar-refractivity contribution >= 4 is 11.6 Å². The molecule has 0 amide bonds. The maximum Gasteiger partial charge on any atom is 0.0926 e. The van der Waals surface area contributed by atoms with Crippen molar-refractivity contribution in [2.75, 3.05) is 13.1 Å². The SMILES string of the molecule is Clc1ccc(C2c3nc[nH]c3CCN2CCC2CC2)cc1. The maximum absolute atomic E-state index is 6.04. The Balaban J connectivity index is 1.64. The van der Waals surface area contributed by atoms with Crippen molar-refractivity contribution in [1.82, 2.24) is 14.9 Å². The van der Waals surface area contributed by atoms with Crippen LogP contribution in [0.2, 0.25) is 5.02 Å². The summed E-state index contributed by atoms with van der Waals surface area (Å²) in [7, 11) is 0. The average Bonchev–Trinajstić information content (AvgIpc) is 3.21. The molecular formula is C17H20ClN3. The molecule has 0 bridgehead atoms. The highest BCUT2D eigenvalue weighted by Crippen LogP contribution is 2.37. The third kappa shape index (κ3) is 2.72. The van der Waals surface area contributed by atoms with Gasteiger partial charge in [0.05, 0.1) is 18.1 Å². The maximum atomic E-state index is 6.04. The number of fused-ring (bicyclic) bond motifs is 1. The van der Waals surface area contributed by atoms with Gasteiger partial charge in [0.2, 0.25) is 0 Å². The Bertz CT molecular complexity index is 615. The second-order valence-corrected chi connectivity index (χ2v) is 6.67. The van der Waals surface area contributed by atoms with Crippen molar-refractivity contribution in [3.8, 4) is 0 Å². The third-order valence-corrected chi connectivity index (χ3v) is 4.98. The van der Waals surface area contributed by atoms with Crippen LogP contribution in [0.1, 0.15) is 42.3 Å². The molecule has 4 rings (SSSR count). The molecule has 1 fully saturated rings. The first-order valence-corrected chi connectivity index (χ1v) is 8.21. The van der Waals surface area contributed by atoms with Crippen LogP contribution in [0, 0.1) is 5.92 Å². The fourth-order valence-corrected chi connectivity index (χ4v) is 3.46. The van der Waals surface area contributed by atoms with Crippen LogP contribution < -0.4 is 0 Å². The van der Waals surface area contributed by atoms with E-state index in [1.165, 1.54) is 42.8 Å². The summed E-state index contributed by atoms with van der Waals surface area (Å²) >= 11 is 6.04. The van der Waals surface area contributed by atoms with Crippen molar-refractivity contribution in [1.29, 1.82) is 0 Å². The quantitative estimate of drug-likeness (QED) is 0.931. The Morgan fingerprint density at radius 2 is 2.05 bits per heavy atom. The highest BCUT2D eigenvalue weighted by Gasteiger charge is 2.32. The number of halogens is 1. The second kappa shape index (κ2) is 5.47. The molecule has 1 aliphatic carbocycles. The molecule has 4 heteroatoms. The molecule has 1 aliphatic heterocycles. The van der Waals surface area contributed by atoms with E-state index in [0.717, 1.165) is 23.9 Å². The van der Waals surface area contributed by atoms with Crippen LogP contribution in [0.25, 0.3) is 0 Å². The third-order valence-electron chi connectivity index (χ3n) is 4.73. The number of imidazole rings is 1. The Morgan fingerprint density at radius 3 is 2.81 bits per heavy atom. The summed E-state index contributed by atoms with van der Waals surface area (Å²) in [6.45, 7) is 2.28. The van der Waals surface area contributed by atoms with Crippen LogP contribution in [0.5, 0.6) is 0 Å². The van der Waals surface area contributed by atoms with Crippen LogP contribution in [0.15, 0.2) is 30.6 Å². The first-order chi connectivity index (χ1) is 10.3. The number of nitrogens with one attached hydrogen (secondary N) is 1. The molecule has 0 saturated heterocycles. The van der Waals surface area contributed by atoms with E-state index in [2.05, 4.69) is 27.0 Å². The summed E-state index contributed by atoms with van der Waals surface area (Å²) in [4.78, 5) is 10.5. The van der Waals surface area contributed by atoms with E-state index >= 15 is 0 Å². The van der Waals surface area contributed by atoms with E-state index in [1.54, 1.807) is 0 Å². The largest absolute Gasteiger partial charge is 0.348 e. The smallest absolute Gasteiger partial charge is 0.0926 e. The summed E-state index contributed by atoms with van der Waals surface area (Å²) in [5.41, 5.74) is 3.78. The van der Waals surface area contributed by atoms with E-state index in [1.807, 2.05) is 18.5 Å². The highest BCUT2D eigenvalue weighted by molar-refractivity contribution is 6.30. The zero-order valence-corrected chi connectivity index (χ0v) is 12.8. The van der Waals surface area contributed by atoms with Crippen LogP contribution in [0.4, 0.5) is 0 Å². The predicted molar refractivity (Wildman–Crippen MR) is 84.5 cm³/mol. The molecule has 1 N–H and O–H groups in total. The van der Waals surface area contributed by atoms with Gasteiger partial charge in [-0.05, 0) is 36.6 Å². The van der Waals surface area contributed by atoms with Gasteiger partial charge in [0.15, 0.2) is 0 Å². The van der Waals surface area contributed by atoms with Gasteiger partial charge in [-0.2, -0.15) is 0 Å². The molecule has 0 spiro atoms. The van der Waals surface area contributed by atoms with Gasteiger partial charge in [-0.1, -0.05) is 36.6 Å². The van der Waals surface area contributed by atoms with Gasteiger partial charge in [0.1, 0.15) is 0 Å². The minimum absolute atomic E-state index is 0.274. The normalized spacial score (nSPS) is 22.2. The summed E-state index contributed by atoms with van der Waals surface area (Å²) in [5, 5.41) is 0.793. The lowest BCUT2D eigenvalue weighted by Crippen LogP contribution is -2.37. The summed E-state index contributed by atoms with van der Waals surface area (Å²) in [5.74, 6) is 0.969. The second-order valence-electron chi connectivity index (χ2n) is 6.24. The minimum atomic E-state index is 0.274. The molecule has 1 saturated carbocycles. The van der Waals surface area contributed by atoms with Crippen molar-refractivity contribution < 1.29 is 0 Å². The lowest BCUT2D eigenvalue weighted by Gasteiger charge is -2.35. The standard InChI is InChI=1S/C17H20ClN3/c18-14-5-3-13(4-6-14)17-16-15(19-11-20-16)8-10-21(17)9-7-12-1-2-12/h3-6,11-12,17H,1-2,7-10H2,(H,19,20). The predicted octanol–water partition coefficient (Wildman–Crippen LogP) is 3.81. The number of H-pyrrole nitrogens is 1. The molecule has 0 radical (unpaired) electrons. The summed E-state index contributed by atoms with van der Waals surface area (Å²) < 4.78 is 0. The van der Waals surface area contributed by atoms with E-state index in [4.69, 9.17) is 11.6 Å². The molecule has 2 heterocycles. The van der Waals surface area contributed by atoms with Gasteiger partial charge in [-0.15, -0.1) is 0 Å². The number of aromatic amines is 1. The molecule has 2 aliphatic rings. The fraction of sp³-hybridized carbons (Fsp3) is 0.471. The van der Waals surface area contributed by atoms with Crippen LogP contribution in [-0.2, 0) is 6.42 Å². The topological polar surface area (TPSA) is 31.9 Å². The van der Waals surface area contributed by atoms with Crippen LogP contribution in [-0.4, -0.2) is 28.0 Å². The Kier molecular flexibility index (Phi) is 3.48. The summed E-state index contributed by atoms with van der Waals surface area (Å²) in [6.07, 6.45) is 7.08. The van der Waals surface area contributed by atoms with Crippen molar-refractivity contribution in [2.24, 2.45) is 5.92 Å². The number of rotatable bonds is 4. The van der Waals surface area contributed by atoms with Crippen molar-refractivity contribution in [2.45, 2.75) is 31.7 Å². The number of hydrogen-bond donors (Lipinski definition) is 1. The molecule has 1 atom stereocenters. The zero-order valence-electron chi connectivity index (χ0n) is 12.1. The summed E-state index contributed by atoms with van der Waals surface area (Å²) in [6, 6.07) is 8.52. The molecular weight excluding hydrogens is 282 g/mol. The Morgan fingerprint density at radius 1 is 1.24 bits per heavy atom. The number of nitrogens with zero attached hydrogens (tertiary/aromatic N) is 2. The van der Waals surface area contributed by atoms with Gasteiger partial charge in [0, 0.05) is 23.7 Å². The fourth-order valence-electron chi connectivity index (χ4n) is 3.33. The lowest BCUT2D eigenvalue weighted by atomic mass is 9.95. The van der Waals surface area contributed by atoms with Gasteiger partial charge in [-0.25, -0.2) is 4.98 Å². The zero-order chi connectivity index (χ0) is 14.2. The molecule has 110 valence electrons. The van der Waals surface area contributed by atoms with Gasteiger partial charge in [0.25, 0.3) is 0 Å². The lowest BCUT2D eigenvalue weighted by molar-refractivity contribution is 0.203. The van der Waals surface area contributed by atoms with Gasteiger partial charge < -0.3 is 4.98 Å². The molecule has 2 aromatic rings. The van der Waals surface area contributed by atoms with Crippen LogP contribution in [0.3, 0.4) is 0 Å². The Hall–Kier alpha value is -1.32. The monoisotopic (exact) mass is 301 g/mol. The first kappa shape index (κ1) is 13.4. The number of aromatic nitrogens is 2. The van der Waals surface area contributed by atoms with Gasteiger partial charge in [-0.3, -0.25) is 4.90 Å². The molecule has 3 nitrogen and oxygen atoms in total. The average molecular weight is 302 g/mol. The van der Waals surface area contributed by atoms with Crippen molar-refractivity contribution in [3.63, 3.8) is 0 Å². The molecule has 21 heavy (non-hydrogen) atoms. The molecule has 1 aromatic heterocycles. The van der Waals surface area contributed by atoms with Gasteiger partial charge >= 0.3 is 0 Å². The number of hydrogen-bond acceptors (Lipinski definition) is 2. The number of benzene rings is 1. The van der Waals surface area contributed by atoms with Crippen molar-refractivity contribution in [3.05, 3.63) is 52.6 Å².